The van der Waals surface area contributed by atoms with Gasteiger partial charge in [0.2, 0.25) is 12.3 Å². The average Bonchev–Trinajstić information content (AvgIpc) is 3.76. The third-order valence-electron chi connectivity index (χ3n) is 11.5. The van der Waals surface area contributed by atoms with E-state index in [1.807, 2.05) is 6.20 Å². The number of hydrogen-bond donors (Lipinski definition) is 3. The van der Waals surface area contributed by atoms with Crippen LogP contribution in [0.2, 0.25) is 0 Å². The maximum atomic E-state index is 12.9. The molecule has 5 atom stereocenters. The summed E-state index contributed by atoms with van der Waals surface area (Å²) in [6.45, 7) is 15.4. The van der Waals surface area contributed by atoms with Crippen molar-refractivity contribution in [3.63, 3.8) is 0 Å². The van der Waals surface area contributed by atoms with Gasteiger partial charge < -0.3 is 40.5 Å². The van der Waals surface area contributed by atoms with Crippen LogP contribution >= 0.6 is 11.3 Å². The van der Waals surface area contributed by atoms with Crippen LogP contribution in [0.15, 0.2) is 23.2 Å². The first kappa shape index (κ1) is 41.6. The molecule has 3 unspecified atom stereocenters. The smallest absolute Gasteiger partial charge is 0.293 e. The number of nitrogens with two attached hydrogens (primary N) is 1. The van der Waals surface area contributed by atoms with Gasteiger partial charge in [-0.05, 0) is 77.6 Å². The van der Waals surface area contributed by atoms with Gasteiger partial charge in [0.05, 0.1) is 41.0 Å². The fourth-order valence-corrected chi connectivity index (χ4v) is 9.40. The summed E-state index contributed by atoms with van der Waals surface area (Å²) < 4.78 is 11.3. The van der Waals surface area contributed by atoms with Gasteiger partial charge in [0.1, 0.15) is 6.04 Å². The maximum absolute atomic E-state index is 12.9. The van der Waals surface area contributed by atoms with E-state index in [2.05, 4.69) is 71.5 Å². The van der Waals surface area contributed by atoms with E-state index in [0.717, 1.165) is 98.9 Å². The molecule has 0 bridgehead atoms. The van der Waals surface area contributed by atoms with Crippen LogP contribution in [-0.2, 0) is 30.3 Å². The standard InChI is InChI=1S/C40H62N8O5S/c1-7-48-35-11-10-28(34-23-54-36(45-34)20-33(44-25-49)39(51)42-13-9-8-12-41)18-30(35)32(21-40(3,4)24-53-26-50)38(48)31-19-29(22-43-37(31)27(2)52-6)47-16-14-46(5)15-17-47/h19,22-23,25-28,30,33,35H,7-18,20-21,24,41H2,1-6H3,(H,42,51)(H,44,49)/t27-,28?,30?,33-,35?/m0/s1. The molecule has 2 aliphatic heterocycles. The molecule has 54 heavy (non-hydrogen) atoms. The van der Waals surface area contributed by atoms with Crippen molar-refractivity contribution in [1.82, 2.24) is 30.4 Å². The number of anilines is 1. The van der Waals surface area contributed by atoms with Gasteiger partial charge in [-0.2, -0.15) is 0 Å². The summed E-state index contributed by atoms with van der Waals surface area (Å²) in [5, 5.41) is 8.59. The van der Waals surface area contributed by atoms with Crippen molar-refractivity contribution >= 4 is 41.5 Å². The molecule has 0 aromatic carbocycles. The highest BCUT2D eigenvalue weighted by molar-refractivity contribution is 7.09. The van der Waals surface area contributed by atoms with Crippen molar-refractivity contribution in [2.24, 2.45) is 17.1 Å². The van der Waals surface area contributed by atoms with Gasteiger partial charge in [-0.15, -0.1) is 11.3 Å². The highest BCUT2D eigenvalue weighted by atomic mass is 32.1. The van der Waals surface area contributed by atoms with Crippen LogP contribution in [0.25, 0.3) is 5.70 Å². The highest BCUT2D eigenvalue weighted by Crippen LogP contribution is 2.53. The molecule has 4 N–H and O–H groups in total. The van der Waals surface area contributed by atoms with E-state index in [1.54, 1.807) is 18.4 Å². The third kappa shape index (κ3) is 9.98. The summed E-state index contributed by atoms with van der Waals surface area (Å²) in [6.07, 6.45) is 8.07. The number of carbonyl (C=O) groups excluding carboxylic acids is 3. The molecule has 2 aromatic rings. The van der Waals surface area contributed by atoms with E-state index in [1.165, 1.54) is 11.3 Å². The zero-order valence-electron chi connectivity index (χ0n) is 33.1. The Labute approximate surface area is 325 Å². The molecular weight excluding hydrogens is 705 g/mol. The van der Waals surface area contributed by atoms with E-state index < -0.39 is 6.04 Å². The fraction of sp³-hybridized carbons (Fsp3) is 0.675. The molecule has 2 fully saturated rings. The summed E-state index contributed by atoms with van der Waals surface area (Å²) in [7, 11) is 3.91. The molecule has 14 heteroatoms. The van der Waals surface area contributed by atoms with Crippen LogP contribution in [0.3, 0.4) is 0 Å². The van der Waals surface area contributed by atoms with Crippen LogP contribution in [0.1, 0.15) is 100 Å². The molecule has 0 spiro atoms. The second kappa shape index (κ2) is 19.3. The minimum absolute atomic E-state index is 0.199. The van der Waals surface area contributed by atoms with E-state index in [4.69, 9.17) is 25.2 Å². The van der Waals surface area contributed by atoms with Gasteiger partial charge in [0, 0.05) is 92.7 Å². The molecule has 298 valence electrons. The Balaban J connectivity index is 1.49. The molecule has 1 saturated heterocycles. The highest BCUT2D eigenvalue weighted by Gasteiger charge is 2.46. The van der Waals surface area contributed by atoms with Crippen molar-refractivity contribution in [3.8, 4) is 0 Å². The predicted molar refractivity (Wildman–Crippen MR) is 213 cm³/mol. The molecule has 1 saturated carbocycles. The minimum Gasteiger partial charge on any atom is -0.467 e. The van der Waals surface area contributed by atoms with Gasteiger partial charge in [-0.25, -0.2) is 4.98 Å². The third-order valence-corrected chi connectivity index (χ3v) is 12.3. The lowest BCUT2D eigenvalue weighted by atomic mass is 9.71. The predicted octanol–water partition coefficient (Wildman–Crippen LogP) is 4.10. The van der Waals surface area contributed by atoms with Gasteiger partial charge >= 0.3 is 0 Å². The number of hydrogen-bond acceptors (Lipinski definition) is 12. The quantitative estimate of drug-likeness (QED) is 0.132. The first-order valence-electron chi connectivity index (χ1n) is 19.7. The van der Waals surface area contributed by atoms with Crippen molar-refractivity contribution in [2.75, 3.05) is 71.5 Å². The zero-order valence-corrected chi connectivity index (χ0v) is 34.0. The van der Waals surface area contributed by atoms with Crippen molar-refractivity contribution < 1.29 is 23.9 Å². The summed E-state index contributed by atoms with van der Waals surface area (Å²) in [5.74, 6) is 0.299. The Kier molecular flexibility index (Phi) is 14.9. The SMILES string of the molecule is CCN1C(c2cc(N3CCN(C)CC3)cnc2[C@H](C)OC)=C(CC(C)(C)COC=O)C2CC(c3csc(C[C@H](NC=O)C(=O)NCCCCN)n3)CCC21. The minimum atomic E-state index is -0.685. The first-order chi connectivity index (χ1) is 26.0. The zero-order chi connectivity index (χ0) is 38.8. The van der Waals surface area contributed by atoms with Crippen LogP contribution < -0.4 is 21.3 Å². The van der Waals surface area contributed by atoms with Gasteiger partial charge in [-0.3, -0.25) is 19.4 Å². The number of fused-ring (bicyclic) bond motifs is 1. The number of carbonyl (C=O) groups is 3. The fourth-order valence-electron chi connectivity index (χ4n) is 8.48. The van der Waals surface area contributed by atoms with Crippen LogP contribution in [-0.4, -0.2) is 117 Å². The Morgan fingerprint density at radius 3 is 2.65 bits per heavy atom. The maximum Gasteiger partial charge on any atom is 0.293 e. The van der Waals surface area contributed by atoms with Crippen LogP contribution in [0.4, 0.5) is 5.69 Å². The van der Waals surface area contributed by atoms with E-state index in [-0.39, 0.29) is 29.3 Å². The Hall–Kier alpha value is -3.59. The molecular formula is C40H62N8O5S. The first-order valence-corrected chi connectivity index (χ1v) is 20.5. The molecule has 1 aliphatic carbocycles. The summed E-state index contributed by atoms with van der Waals surface area (Å²) >= 11 is 1.55. The number of pyridine rings is 1. The molecule has 5 rings (SSSR count). The van der Waals surface area contributed by atoms with Crippen LogP contribution in [0.5, 0.6) is 0 Å². The number of nitrogens with one attached hydrogen (secondary N) is 2. The lowest BCUT2D eigenvalue weighted by Crippen LogP contribution is -2.45. The Morgan fingerprint density at radius 1 is 1.19 bits per heavy atom. The lowest BCUT2D eigenvalue weighted by Gasteiger charge is -2.38. The summed E-state index contributed by atoms with van der Waals surface area (Å²) in [5.41, 5.74) is 12.2. The molecule has 0 radical (unpaired) electrons. The van der Waals surface area contributed by atoms with Crippen LogP contribution in [0, 0.1) is 11.3 Å². The number of aromatic nitrogens is 2. The monoisotopic (exact) mass is 766 g/mol. The van der Waals surface area contributed by atoms with Gasteiger partial charge in [0.15, 0.2) is 0 Å². The summed E-state index contributed by atoms with van der Waals surface area (Å²) in [6, 6.07) is 1.98. The Morgan fingerprint density at radius 2 is 1.96 bits per heavy atom. The van der Waals surface area contributed by atoms with E-state index in [9.17, 15) is 14.4 Å². The van der Waals surface area contributed by atoms with Gasteiger partial charge in [0.25, 0.3) is 6.47 Å². The summed E-state index contributed by atoms with van der Waals surface area (Å²) in [4.78, 5) is 53.3. The number of likely N-dealkylation sites (N-methyl/N-ethyl adjacent to an activating group) is 1. The number of nitrogens with zero attached hydrogens (tertiary/aromatic N) is 5. The average molecular weight is 767 g/mol. The molecule has 13 nitrogen and oxygen atoms in total. The number of ether oxygens (including phenoxy) is 2. The second-order valence-corrected chi connectivity index (χ2v) is 16.8. The van der Waals surface area contributed by atoms with Crippen molar-refractivity contribution in [3.05, 3.63) is 45.2 Å². The number of piperazine rings is 1. The molecule has 2 amide bonds. The number of rotatable bonds is 20. The molecule has 3 aliphatic rings. The normalized spacial score (nSPS) is 21.8. The Bertz CT molecular complexity index is 1590. The van der Waals surface area contributed by atoms with Crippen molar-refractivity contribution in [1.29, 1.82) is 0 Å². The number of methoxy groups -OCH3 is 1. The largest absolute Gasteiger partial charge is 0.467 e. The molecule has 4 heterocycles. The second-order valence-electron chi connectivity index (χ2n) is 15.9. The van der Waals surface area contributed by atoms with Gasteiger partial charge in [-0.1, -0.05) is 13.8 Å². The number of thiazole rings is 1. The topological polar surface area (TPSA) is 155 Å². The number of amides is 2. The lowest BCUT2D eigenvalue weighted by molar-refractivity contribution is -0.131. The molecule has 2 aromatic heterocycles. The van der Waals surface area contributed by atoms with E-state index >= 15 is 0 Å². The van der Waals surface area contributed by atoms with Crippen molar-refractivity contribution in [2.45, 2.75) is 96.7 Å². The number of unbranched alkanes of at least 4 members (excludes halogenated alkanes) is 1. The van der Waals surface area contributed by atoms with E-state index in [0.29, 0.717) is 45.0 Å².